The number of carboxylic acids is 3. The van der Waals surface area contributed by atoms with E-state index in [1.165, 1.54) is 0 Å². The molecule has 0 unspecified atom stereocenters. The van der Waals surface area contributed by atoms with Gasteiger partial charge in [-0.05, 0) is 0 Å². The first-order chi connectivity index (χ1) is 7.84. The minimum absolute atomic E-state index is 0.158. The molecule has 0 heterocycles. The minimum Gasteiger partial charge on any atom is -0.481 e. The van der Waals surface area contributed by atoms with Gasteiger partial charge >= 0.3 is 17.9 Å². The van der Waals surface area contributed by atoms with Crippen LogP contribution in [-0.2, 0) is 19.1 Å². The maximum absolute atomic E-state index is 11.0. The number of carboxylic acid groups (broad SMARTS) is 3. The predicted octanol–water partition coefficient (Wildman–Crippen LogP) is -0.311. The lowest BCUT2D eigenvalue weighted by molar-refractivity contribution is -0.178. The highest BCUT2D eigenvalue weighted by Crippen LogP contribution is 2.22. The van der Waals surface area contributed by atoms with Crippen molar-refractivity contribution in [3.63, 3.8) is 0 Å². The molecule has 0 atom stereocenters. The molecule has 0 aliphatic rings. The molecule has 0 amide bonds. The molecular formula is C9H11NO7. The highest BCUT2D eigenvalue weighted by Gasteiger charge is 2.44. The largest absolute Gasteiger partial charge is 0.481 e. The molecular weight excluding hydrogens is 234 g/mol. The maximum Gasteiger partial charge on any atom is 0.337 e. The second-order valence-corrected chi connectivity index (χ2v) is 3.20. The molecule has 0 spiro atoms. The van der Waals surface area contributed by atoms with Crippen LogP contribution in [0, 0.1) is 11.3 Å². The molecule has 0 aromatic carbocycles. The minimum atomic E-state index is -2.34. The van der Waals surface area contributed by atoms with Crippen molar-refractivity contribution in [2.45, 2.75) is 24.9 Å². The van der Waals surface area contributed by atoms with Crippen molar-refractivity contribution in [2.75, 3.05) is 6.61 Å². The van der Waals surface area contributed by atoms with Gasteiger partial charge < -0.3 is 20.1 Å². The van der Waals surface area contributed by atoms with E-state index < -0.39 is 36.4 Å². The van der Waals surface area contributed by atoms with Gasteiger partial charge in [-0.25, -0.2) is 4.79 Å². The first kappa shape index (κ1) is 14.9. The topological polar surface area (TPSA) is 145 Å². The van der Waals surface area contributed by atoms with Crippen LogP contribution in [0.1, 0.15) is 19.3 Å². The zero-order chi connectivity index (χ0) is 13.5. The Morgan fingerprint density at radius 3 is 1.88 bits per heavy atom. The van der Waals surface area contributed by atoms with Gasteiger partial charge in [-0.15, -0.1) is 0 Å². The van der Waals surface area contributed by atoms with E-state index in [1.54, 1.807) is 6.07 Å². The molecule has 3 N–H and O–H groups in total. The van der Waals surface area contributed by atoms with Crippen molar-refractivity contribution >= 4 is 17.9 Å². The molecule has 0 saturated heterocycles. The van der Waals surface area contributed by atoms with Crippen LogP contribution in [-0.4, -0.2) is 45.4 Å². The van der Waals surface area contributed by atoms with E-state index >= 15 is 0 Å². The van der Waals surface area contributed by atoms with Crippen molar-refractivity contribution in [3.8, 4) is 6.07 Å². The van der Waals surface area contributed by atoms with Crippen LogP contribution in [0.15, 0.2) is 0 Å². The van der Waals surface area contributed by atoms with Crippen molar-refractivity contribution < 1.29 is 34.4 Å². The predicted molar refractivity (Wildman–Crippen MR) is 51.1 cm³/mol. The summed E-state index contributed by atoms with van der Waals surface area (Å²) in [5.41, 5.74) is -2.34. The van der Waals surface area contributed by atoms with Crippen molar-refractivity contribution in [1.82, 2.24) is 0 Å². The van der Waals surface area contributed by atoms with E-state index in [2.05, 4.69) is 0 Å². The van der Waals surface area contributed by atoms with Gasteiger partial charge in [-0.2, -0.15) is 5.26 Å². The molecule has 0 aliphatic carbocycles. The third kappa shape index (κ3) is 4.94. The number of aliphatic carboxylic acids is 3. The molecule has 17 heavy (non-hydrogen) atoms. The lowest BCUT2D eigenvalue weighted by Gasteiger charge is -2.25. The standard InChI is InChI=1S/C9H11NO7/c10-2-1-3-17-9(8(15)16,4-6(11)12)5-7(13)14/h1,3-5H2,(H,11,12)(H,13,14)(H,15,16). The third-order valence-electron chi connectivity index (χ3n) is 1.86. The van der Waals surface area contributed by atoms with Gasteiger partial charge in [0, 0.05) is 0 Å². The number of nitrogens with zero attached hydrogens (tertiary/aromatic N) is 1. The number of ether oxygens (including phenoxy) is 1. The Labute approximate surface area is 96.0 Å². The van der Waals surface area contributed by atoms with E-state index in [9.17, 15) is 14.4 Å². The van der Waals surface area contributed by atoms with E-state index in [0.29, 0.717) is 0 Å². The summed E-state index contributed by atoms with van der Waals surface area (Å²) in [6.07, 6.45) is -2.13. The molecule has 0 fully saturated rings. The SMILES string of the molecule is N#CCCOC(CC(=O)O)(CC(=O)O)C(=O)O. The number of rotatable bonds is 8. The van der Waals surface area contributed by atoms with Crippen LogP contribution in [0.4, 0.5) is 0 Å². The molecule has 8 nitrogen and oxygen atoms in total. The number of hydrogen-bond donors (Lipinski definition) is 3. The van der Waals surface area contributed by atoms with Gasteiger partial charge in [0.25, 0.3) is 0 Å². The Kier molecular flexibility index (Phi) is 5.63. The van der Waals surface area contributed by atoms with Gasteiger partial charge in [0.05, 0.1) is 31.9 Å². The van der Waals surface area contributed by atoms with E-state index in [1.807, 2.05) is 0 Å². The van der Waals surface area contributed by atoms with Gasteiger partial charge in [0.1, 0.15) is 0 Å². The van der Waals surface area contributed by atoms with E-state index in [-0.39, 0.29) is 13.0 Å². The summed E-state index contributed by atoms with van der Waals surface area (Å²) < 4.78 is 4.77. The van der Waals surface area contributed by atoms with E-state index in [0.717, 1.165) is 0 Å². The van der Waals surface area contributed by atoms with Gasteiger partial charge in [-0.3, -0.25) is 9.59 Å². The summed E-state index contributed by atoms with van der Waals surface area (Å²) in [6, 6.07) is 1.67. The normalized spacial score (nSPS) is 10.5. The third-order valence-corrected chi connectivity index (χ3v) is 1.86. The quantitative estimate of drug-likeness (QED) is 0.493. The van der Waals surface area contributed by atoms with Gasteiger partial charge in [-0.1, -0.05) is 0 Å². The highest BCUT2D eigenvalue weighted by molar-refractivity contribution is 5.88. The Morgan fingerprint density at radius 1 is 1.12 bits per heavy atom. The fourth-order valence-electron chi connectivity index (χ4n) is 1.16. The first-order valence-electron chi connectivity index (χ1n) is 4.52. The Hall–Kier alpha value is -2.14. The van der Waals surface area contributed by atoms with Crippen LogP contribution >= 0.6 is 0 Å². The summed E-state index contributed by atoms with van der Waals surface area (Å²) >= 11 is 0. The van der Waals surface area contributed by atoms with Crippen LogP contribution in [0.2, 0.25) is 0 Å². The molecule has 0 aromatic rings. The van der Waals surface area contributed by atoms with Crippen molar-refractivity contribution in [2.24, 2.45) is 0 Å². The second kappa shape index (κ2) is 6.44. The Morgan fingerprint density at radius 2 is 1.59 bits per heavy atom. The Bertz CT molecular complexity index is 341. The summed E-state index contributed by atoms with van der Waals surface area (Å²) in [7, 11) is 0. The Balaban J connectivity index is 4.95. The zero-order valence-electron chi connectivity index (χ0n) is 8.75. The van der Waals surface area contributed by atoms with Crippen molar-refractivity contribution in [3.05, 3.63) is 0 Å². The van der Waals surface area contributed by atoms with Gasteiger partial charge in [0.15, 0.2) is 5.60 Å². The van der Waals surface area contributed by atoms with Crippen molar-refractivity contribution in [1.29, 1.82) is 5.26 Å². The van der Waals surface area contributed by atoms with Crippen LogP contribution in [0.25, 0.3) is 0 Å². The summed E-state index contributed by atoms with van der Waals surface area (Å²) in [4.78, 5) is 32.0. The van der Waals surface area contributed by atoms with Crippen LogP contribution < -0.4 is 0 Å². The zero-order valence-corrected chi connectivity index (χ0v) is 8.75. The molecule has 0 aliphatic heterocycles. The fourth-order valence-corrected chi connectivity index (χ4v) is 1.16. The molecule has 0 aromatic heterocycles. The monoisotopic (exact) mass is 245 g/mol. The smallest absolute Gasteiger partial charge is 0.337 e. The molecule has 0 bridgehead atoms. The van der Waals surface area contributed by atoms with E-state index in [4.69, 9.17) is 25.3 Å². The molecule has 0 radical (unpaired) electrons. The molecule has 8 heteroatoms. The molecule has 94 valence electrons. The lowest BCUT2D eigenvalue weighted by Crippen LogP contribution is -2.45. The summed E-state index contributed by atoms with van der Waals surface area (Å²) in [5, 5.41) is 34.3. The van der Waals surface area contributed by atoms with Crippen LogP contribution in [0.3, 0.4) is 0 Å². The maximum atomic E-state index is 11.0. The lowest BCUT2D eigenvalue weighted by atomic mass is 9.95. The number of nitriles is 1. The fraction of sp³-hybridized carbons (Fsp3) is 0.556. The average Bonchev–Trinajstić information content (AvgIpc) is 2.15. The summed E-state index contributed by atoms with van der Waals surface area (Å²) in [5.74, 6) is -4.67. The number of hydrogen-bond acceptors (Lipinski definition) is 5. The molecule has 0 rings (SSSR count). The summed E-state index contributed by atoms with van der Waals surface area (Å²) in [6.45, 7) is -0.344. The van der Waals surface area contributed by atoms with Crippen LogP contribution in [0.5, 0.6) is 0 Å². The highest BCUT2D eigenvalue weighted by atomic mass is 16.5. The second-order valence-electron chi connectivity index (χ2n) is 3.20. The average molecular weight is 245 g/mol. The van der Waals surface area contributed by atoms with Gasteiger partial charge in [0.2, 0.25) is 0 Å². The first-order valence-corrected chi connectivity index (χ1v) is 4.52. The molecule has 0 saturated carbocycles. The number of carbonyl (C=O) groups is 3.